The fraction of sp³-hybridized carbons (Fsp3) is 0.769. The number of nitrogens with one attached hydrogen (secondary N) is 2. The average Bonchev–Trinajstić information content (AvgIpc) is 3.77. The lowest BCUT2D eigenvalue weighted by molar-refractivity contribution is -0.144. The van der Waals surface area contributed by atoms with Gasteiger partial charge in [0.15, 0.2) is 11.6 Å². The predicted molar refractivity (Wildman–Crippen MR) is 197 cm³/mol. The van der Waals surface area contributed by atoms with Gasteiger partial charge in [-0.15, -0.1) is 18.9 Å². The Morgan fingerprint density at radius 1 is 1.04 bits per heavy atom. The molecule has 0 bridgehead atoms. The molecule has 6 atom stereocenters. The number of amides is 3. The van der Waals surface area contributed by atoms with Gasteiger partial charge in [0.05, 0.1) is 11.8 Å². The van der Waals surface area contributed by atoms with Crippen LogP contribution in [0.3, 0.4) is 0 Å². The summed E-state index contributed by atoms with van der Waals surface area (Å²) in [4.78, 5) is 70.7. The molecule has 2 aliphatic carbocycles. The molecule has 4 fully saturated rings. The van der Waals surface area contributed by atoms with Gasteiger partial charge in [-0.05, 0) is 67.6 Å². The molecule has 11 nitrogen and oxygen atoms in total. The van der Waals surface area contributed by atoms with Crippen LogP contribution in [0, 0.1) is 40.9 Å². The van der Waals surface area contributed by atoms with E-state index in [2.05, 4.69) is 23.1 Å². The van der Waals surface area contributed by atoms with E-state index >= 15 is 0 Å². The molecule has 2 aliphatic heterocycles. The first kappa shape index (κ1) is 40.7. The van der Waals surface area contributed by atoms with Crippen molar-refractivity contribution in [2.45, 2.75) is 136 Å². The number of hydrogen-bond acceptors (Lipinski definition) is 7. The van der Waals surface area contributed by atoms with Crippen molar-refractivity contribution in [3.8, 4) is 12.3 Å². The molecular formula is C39H60N4O7S. The smallest absolute Gasteiger partial charge is 0.315 e. The zero-order valence-corrected chi connectivity index (χ0v) is 32.0. The van der Waals surface area contributed by atoms with Crippen LogP contribution < -0.4 is 10.6 Å². The lowest BCUT2D eigenvalue weighted by Gasteiger charge is -2.43. The molecule has 4 aliphatic rings. The van der Waals surface area contributed by atoms with Crippen molar-refractivity contribution in [1.29, 1.82) is 0 Å². The van der Waals surface area contributed by atoms with Crippen LogP contribution in [0.1, 0.15) is 118 Å². The number of fused-ring (bicyclic) bond motifs is 1. The van der Waals surface area contributed by atoms with Crippen molar-refractivity contribution >= 4 is 39.3 Å². The first-order valence-electron chi connectivity index (χ1n) is 19.0. The number of terminal acetylenes is 1. The zero-order chi connectivity index (χ0) is 37.6. The molecule has 2 N–H and O–H groups in total. The number of carbonyl (C=O) groups excluding carboxylic acids is 5. The summed E-state index contributed by atoms with van der Waals surface area (Å²) in [6.07, 6.45) is 15.3. The van der Waals surface area contributed by atoms with E-state index in [1.165, 1.54) is 4.31 Å². The zero-order valence-electron chi connectivity index (χ0n) is 31.2. The van der Waals surface area contributed by atoms with Crippen LogP contribution in [-0.4, -0.2) is 90.4 Å². The molecule has 0 aromatic heterocycles. The molecule has 51 heavy (non-hydrogen) atoms. The van der Waals surface area contributed by atoms with Crippen molar-refractivity contribution < 1.29 is 32.4 Å². The van der Waals surface area contributed by atoms with Crippen molar-refractivity contribution in [2.24, 2.45) is 28.6 Å². The monoisotopic (exact) mass is 728 g/mol. The third-order valence-corrected chi connectivity index (χ3v) is 13.9. The average molecular weight is 729 g/mol. The topological polar surface area (TPSA) is 150 Å². The first-order chi connectivity index (χ1) is 24.0. The summed E-state index contributed by atoms with van der Waals surface area (Å²) in [5, 5.41) is 6.07. The Balaban J connectivity index is 1.59. The van der Waals surface area contributed by atoms with Crippen molar-refractivity contribution in [3.05, 3.63) is 12.7 Å². The maximum absolute atomic E-state index is 14.9. The van der Waals surface area contributed by atoms with Gasteiger partial charge in [-0.25, -0.2) is 13.2 Å². The Morgan fingerprint density at radius 2 is 1.75 bits per heavy atom. The van der Waals surface area contributed by atoms with E-state index in [0.717, 1.165) is 51.4 Å². The summed E-state index contributed by atoms with van der Waals surface area (Å²) >= 11 is 0. The van der Waals surface area contributed by atoms with Crippen LogP contribution >= 0.6 is 0 Å². The van der Waals surface area contributed by atoms with Gasteiger partial charge < -0.3 is 15.5 Å². The molecule has 0 aromatic rings. The van der Waals surface area contributed by atoms with Crippen molar-refractivity contribution in [2.75, 3.05) is 25.4 Å². The van der Waals surface area contributed by atoms with Crippen molar-refractivity contribution in [3.63, 3.8) is 0 Å². The highest BCUT2D eigenvalue weighted by Gasteiger charge is 2.53. The first-order valence-corrected chi connectivity index (χ1v) is 20.6. The van der Waals surface area contributed by atoms with Gasteiger partial charge in [0.25, 0.3) is 0 Å². The highest BCUT2D eigenvalue weighted by Crippen LogP contribution is 2.46. The largest absolute Gasteiger partial charge is 0.334 e. The lowest BCUT2D eigenvalue weighted by atomic mass is 9.70. The van der Waals surface area contributed by atoms with Crippen LogP contribution in [0.15, 0.2) is 12.7 Å². The van der Waals surface area contributed by atoms with E-state index in [0.29, 0.717) is 25.9 Å². The summed E-state index contributed by atoms with van der Waals surface area (Å²) in [6, 6.07) is -2.73. The van der Waals surface area contributed by atoms with Gasteiger partial charge in [-0.3, -0.25) is 19.2 Å². The number of carbonyl (C=O) groups is 5. The van der Waals surface area contributed by atoms with Crippen molar-refractivity contribution in [1.82, 2.24) is 19.8 Å². The molecule has 0 spiro atoms. The maximum atomic E-state index is 14.9. The molecular weight excluding hydrogens is 669 g/mol. The van der Waals surface area contributed by atoms with Crippen LogP contribution in [0.25, 0.3) is 0 Å². The summed E-state index contributed by atoms with van der Waals surface area (Å²) in [6.45, 7) is 12.4. The normalized spacial score (nSPS) is 25.9. The number of sulfonamides is 1. The highest BCUT2D eigenvalue weighted by atomic mass is 32.2. The molecule has 1 unspecified atom stereocenters. The second-order valence-electron chi connectivity index (χ2n) is 16.7. The molecule has 0 radical (unpaired) electrons. The molecule has 284 valence electrons. The second-order valence-corrected chi connectivity index (χ2v) is 18.8. The molecule has 3 amide bonds. The van der Waals surface area contributed by atoms with Gasteiger partial charge in [-0.2, -0.15) is 4.31 Å². The number of urea groups is 1. The van der Waals surface area contributed by atoms with Gasteiger partial charge in [0.1, 0.15) is 6.04 Å². The molecule has 0 aromatic carbocycles. The Hall–Kier alpha value is -3.04. The van der Waals surface area contributed by atoms with E-state index in [4.69, 9.17) is 6.42 Å². The van der Waals surface area contributed by atoms with E-state index in [1.54, 1.807) is 11.0 Å². The molecule has 2 heterocycles. The number of rotatable bonds is 16. The second kappa shape index (κ2) is 17.2. The number of nitrogens with zero attached hydrogens (tertiary/aromatic N) is 2. The quantitative estimate of drug-likeness (QED) is 0.132. The van der Waals surface area contributed by atoms with E-state index < -0.39 is 62.5 Å². The van der Waals surface area contributed by atoms with Crippen LogP contribution in [0.4, 0.5) is 4.79 Å². The van der Waals surface area contributed by atoms with E-state index in [9.17, 15) is 32.4 Å². The predicted octanol–water partition coefficient (Wildman–Crippen LogP) is 4.80. The van der Waals surface area contributed by atoms with Gasteiger partial charge >= 0.3 is 6.03 Å². The van der Waals surface area contributed by atoms with E-state index in [-0.39, 0.29) is 61.5 Å². The SMILES string of the molecule is C#CCCC(CC(=O)[C@@H]1[C@H]2CCC[C@H]2CN1C(=O)[C@@H](NC(=O)N[C@H](CN1CCCS1(=O)=O)C(C)(C)C)C1(C)CCCCC1)C(=O)C(=O)CCC=C. The summed E-state index contributed by atoms with van der Waals surface area (Å²) in [7, 11) is -3.39. The molecule has 2 saturated heterocycles. The van der Waals surface area contributed by atoms with Gasteiger partial charge in [-0.1, -0.05) is 59.5 Å². The third-order valence-electron chi connectivity index (χ3n) is 12.0. The van der Waals surface area contributed by atoms with Crippen LogP contribution in [-0.2, 0) is 29.2 Å². The number of Topliss-reactive ketones (excluding diaryl/α,β-unsaturated/α-hetero) is 3. The highest BCUT2D eigenvalue weighted by molar-refractivity contribution is 7.89. The molecule has 4 rings (SSSR count). The Kier molecular flexibility index (Phi) is 13.7. The molecule has 12 heteroatoms. The Morgan fingerprint density at radius 3 is 2.35 bits per heavy atom. The number of allylic oxidation sites excluding steroid dienone is 1. The summed E-state index contributed by atoms with van der Waals surface area (Å²) in [5.74, 6) is 0.174. The fourth-order valence-corrected chi connectivity index (χ4v) is 10.3. The minimum Gasteiger partial charge on any atom is -0.334 e. The maximum Gasteiger partial charge on any atom is 0.315 e. The van der Waals surface area contributed by atoms with Crippen LogP contribution in [0.2, 0.25) is 0 Å². The number of hydrogen-bond donors (Lipinski definition) is 2. The van der Waals surface area contributed by atoms with E-state index in [1.807, 2.05) is 27.7 Å². The number of likely N-dealkylation sites (tertiary alicyclic amines) is 1. The fourth-order valence-electron chi connectivity index (χ4n) is 8.79. The summed E-state index contributed by atoms with van der Waals surface area (Å²) in [5.41, 5.74) is -1.04. The lowest BCUT2D eigenvalue weighted by Crippen LogP contribution is -2.62. The Labute approximate surface area is 305 Å². The Bertz CT molecular complexity index is 1470. The van der Waals surface area contributed by atoms with Gasteiger partial charge in [0, 0.05) is 50.9 Å². The standard InChI is InChI=1S/C39H60N4O7S/c1-7-9-16-27(34(46)30(44)19-10-8-2)24-31(45)33-29-18-14-17-28(29)25-43(33)36(47)35(39(6)20-12-11-13-21-39)41-37(48)40-32(38(3,4)5)26-42-22-15-23-51(42,49)50/h1,8,27-29,32-33,35H,2,9-26H2,3-6H3,(H2,40,41,48)/t27?,28-,29-,32+,33-,35+/m0/s1. The number of ketones is 3. The third kappa shape index (κ3) is 9.89. The molecule has 2 saturated carbocycles. The minimum absolute atomic E-state index is 0.0275. The summed E-state index contributed by atoms with van der Waals surface area (Å²) < 4.78 is 26.7. The van der Waals surface area contributed by atoms with Crippen LogP contribution in [0.5, 0.6) is 0 Å². The van der Waals surface area contributed by atoms with Gasteiger partial charge in [0.2, 0.25) is 21.7 Å². The minimum atomic E-state index is -3.39.